The van der Waals surface area contributed by atoms with Gasteiger partial charge in [-0.3, -0.25) is 4.79 Å². The molecule has 0 aliphatic heterocycles. The van der Waals surface area contributed by atoms with Crippen molar-refractivity contribution in [2.45, 2.75) is 45.4 Å². The summed E-state index contributed by atoms with van der Waals surface area (Å²) in [6.45, 7) is 7.84. The van der Waals surface area contributed by atoms with E-state index in [1.165, 1.54) is 17.5 Å². The smallest absolute Gasteiger partial charge is 0.304 e. The number of nitrogens with one attached hydrogen (secondary N) is 1. The zero-order valence-corrected chi connectivity index (χ0v) is 12.2. The Morgan fingerprint density at radius 3 is 2.42 bits per heavy atom. The maximum absolute atomic E-state index is 10.5. The molecule has 0 bridgehead atoms. The highest BCUT2D eigenvalue weighted by Gasteiger charge is 2.19. The third-order valence-corrected chi connectivity index (χ3v) is 3.36. The van der Waals surface area contributed by atoms with Gasteiger partial charge in [-0.25, -0.2) is 0 Å². The molecule has 1 aromatic rings. The van der Waals surface area contributed by atoms with Crippen molar-refractivity contribution >= 4 is 5.97 Å². The van der Waals surface area contributed by atoms with E-state index in [1.807, 2.05) is 0 Å². The summed E-state index contributed by atoms with van der Waals surface area (Å²) >= 11 is 0. The van der Waals surface area contributed by atoms with Crippen LogP contribution in [-0.4, -0.2) is 24.2 Å². The third-order valence-electron chi connectivity index (χ3n) is 3.36. The Hall–Kier alpha value is -1.35. The lowest BCUT2D eigenvalue weighted by Gasteiger charge is -2.26. The first-order chi connectivity index (χ1) is 8.95. The van der Waals surface area contributed by atoms with Crippen LogP contribution in [0.5, 0.6) is 0 Å². The number of aliphatic carboxylic acids is 1. The molecule has 0 saturated heterocycles. The lowest BCUT2D eigenvalue weighted by atomic mass is 9.84. The first-order valence-electron chi connectivity index (χ1n) is 6.97. The van der Waals surface area contributed by atoms with Gasteiger partial charge in [0.1, 0.15) is 0 Å². The molecule has 0 unspecified atom stereocenters. The summed E-state index contributed by atoms with van der Waals surface area (Å²) < 4.78 is 0. The molecule has 0 spiro atoms. The van der Waals surface area contributed by atoms with Crippen LogP contribution < -0.4 is 5.32 Å². The Kier molecular flexibility index (Phi) is 6.03. The fourth-order valence-electron chi connectivity index (χ4n) is 2.11. The fourth-order valence-corrected chi connectivity index (χ4v) is 2.11. The van der Waals surface area contributed by atoms with Crippen LogP contribution in [0.15, 0.2) is 24.3 Å². The van der Waals surface area contributed by atoms with Gasteiger partial charge in [-0.05, 0) is 17.5 Å². The normalized spacial score (nSPS) is 11.5. The lowest BCUT2D eigenvalue weighted by molar-refractivity contribution is -0.136. The van der Waals surface area contributed by atoms with E-state index >= 15 is 0 Å². The number of hydrogen-bond donors (Lipinski definition) is 2. The minimum atomic E-state index is -0.755. The second kappa shape index (κ2) is 7.29. The first kappa shape index (κ1) is 15.7. The predicted molar refractivity (Wildman–Crippen MR) is 78.6 cm³/mol. The minimum Gasteiger partial charge on any atom is -0.481 e. The Morgan fingerprint density at radius 1 is 1.26 bits per heavy atom. The van der Waals surface area contributed by atoms with E-state index in [1.54, 1.807) is 0 Å². The van der Waals surface area contributed by atoms with E-state index in [0.717, 1.165) is 13.0 Å². The van der Waals surface area contributed by atoms with Gasteiger partial charge in [-0.1, -0.05) is 51.5 Å². The number of aryl methyl sites for hydroxylation is 1. The molecule has 0 aliphatic rings. The summed E-state index contributed by atoms with van der Waals surface area (Å²) in [4.78, 5) is 10.5. The van der Waals surface area contributed by atoms with E-state index in [4.69, 9.17) is 5.11 Å². The summed E-state index contributed by atoms with van der Waals surface area (Å²) in [5.41, 5.74) is 2.68. The molecule has 0 aliphatic carbocycles. The minimum absolute atomic E-state index is 0.0171. The Labute approximate surface area is 116 Å². The average molecular weight is 263 g/mol. The van der Waals surface area contributed by atoms with Crippen LogP contribution in [0.3, 0.4) is 0 Å². The lowest BCUT2D eigenvalue weighted by Crippen LogP contribution is -2.34. The molecule has 0 heterocycles. The molecule has 0 aromatic heterocycles. The number of benzene rings is 1. The topological polar surface area (TPSA) is 49.3 Å². The van der Waals surface area contributed by atoms with E-state index in [-0.39, 0.29) is 11.8 Å². The maximum atomic E-state index is 10.5. The van der Waals surface area contributed by atoms with Gasteiger partial charge in [0, 0.05) is 18.5 Å². The summed E-state index contributed by atoms with van der Waals surface area (Å²) in [5.74, 6) is -0.755. The molecule has 1 aromatic carbocycles. The second-order valence-electron chi connectivity index (χ2n) is 5.65. The Bertz CT molecular complexity index is 396. The SMILES string of the molecule is CCCc1ccc(C(C)(C)CNCCC(=O)O)cc1. The van der Waals surface area contributed by atoms with Crippen molar-refractivity contribution in [2.24, 2.45) is 0 Å². The van der Waals surface area contributed by atoms with Crippen molar-refractivity contribution in [3.63, 3.8) is 0 Å². The third kappa shape index (κ3) is 5.43. The number of carbonyl (C=O) groups is 1. The molecule has 0 fully saturated rings. The van der Waals surface area contributed by atoms with E-state index < -0.39 is 5.97 Å². The molecule has 0 saturated carbocycles. The van der Waals surface area contributed by atoms with Crippen molar-refractivity contribution in [1.29, 1.82) is 0 Å². The highest BCUT2D eigenvalue weighted by molar-refractivity contribution is 5.66. The molecular formula is C16H25NO2. The number of hydrogen-bond acceptors (Lipinski definition) is 2. The van der Waals surface area contributed by atoms with Crippen molar-refractivity contribution in [3.8, 4) is 0 Å². The summed E-state index contributed by atoms with van der Waals surface area (Å²) in [6.07, 6.45) is 2.46. The van der Waals surface area contributed by atoms with Crippen LogP contribution in [0.4, 0.5) is 0 Å². The zero-order chi connectivity index (χ0) is 14.3. The monoisotopic (exact) mass is 263 g/mol. The predicted octanol–water partition coefficient (Wildman–Crippen LogP) is 2.98. The molecule has 2 N–H and O–H groups in total. The van der Waals surface area contributed by atoms with E-state index in [9.17, 15) is 4.79 Å². The first-order valence-corrected chi connectivity index (χ1v) is 6.97. The van der Waals surface area contributed by atoms with Crippen LogP contribution in [0, 0.1) is 0 Å². The Morgan fingerprint density at radius 2 is 1.89 bits per heavy atom. The number of rotatable bonds is 8. The average Bonchev–Trinajstić information content (AvgIpc) is 2.36. The molecule has 3 nitrogen and oxygen atoms in total. The highest BCUT2D eigenvalue weighted by Crippen LogP contribution is 2.22. The molecule has 0 radical (unpaired) electrons. The highest BCUT2D eigenvalue weighted by atomic mass is 16.4. The molecule has 1 rings (SSSR count). The number of carboxylic acids is 1. The molecule has 0 atom stereocenters. The Balaban J connectivity index is 2.53. The second-order valence-corrected chi connectivity index (χ2v) is 5.65. The van der Waals surface area contributed by atoms with Crippen LogP contribution in [0.2, 0.25) is 0 Å². The van der Waals surface area contributed by atoms with Gasteiger partial charge in [0.25, 0.3) is 0 Å². The van der Waals surface area contributed by atoms with Crippen molar-refractivity contribution in [1.82, 2.24) is 5.32 Å². The fraction of sp³-hybridized carbons (Fsp3) is 0.562. The summed E-state index contributed by atoms with van der Waals surface area (Å²) in [6, 6.07) is 8.75. The van der Waals surface area contributed by atoms with Crippen molar-refractivity contribution < 1.29 is 9.90 Å². The zero-order valence-electron chi connectivity index (χ0n) is 12.2. The maximum Gasteiger partial charge on any atom is 0.304 e. The van der Waals surface area contributed by atoms with Crippen LogP contribution >= 0.6 is 0 Å². The van der Waals surface area contributed by atoms with Crippen LogP contribution in [0.25, 0.3) is 0 Å². The van der Waals surface area contributed by atoms with Crippen LogP contribution in [0.1, 0.15) is 44.7 Å². The van der Waals surface area contributed by atoms with Crippen LogP contribution in [-0.2, 0) is 16.6 Å². The molecule has 0 amide bonds. The molecule has 3 heteroatoms. The molecule has 19 heavy (non-hydrogen) atoms. The van der Waals surface area contributed by atoms with Crippen molar-refractivity contribution in [3.05, 3.63) is 35.4 Å². The molecular weight excluding hydrogens is 238 g/mol. The van der Waals surface area contributed by atoms with Gasteiger partial charge in [-0.2, -0.15) is 0 Å². The van der Waals surface area contributed by atoms with Gasteiger partial charge in [0.2, 0.25) is 0 Å². The van der Waals surface area contributed by atoms with E-state index in [0.29, 0.717) is 6.54 Å². The van der Waals surface area contributed by atoms with Gasteiger partial charge < -0.3 is 10.4 Å². The summed E-state index contributed by atoms with van der Waals surface area (Å²) in [5, 5.41) is 11.8. The number of carboxylic acid groups (broad SMARTS) is 1. The largest absolute Gasteiger partial charge is 0.481 e. The van der Waals surface area contributed by atoms with Gasteiger partial charge in [-0.15, -0.1) is 0 Å². The van der Waals surface area contributed by atoms with Crippen molar-refractivity contribution in [2.75, 3.05) is 13.1 Å². The summed E-state index contributed by atoms with van der Waals surface area (Å²) in [7, 11) is 0. The quantitative estimate of drug-likeness (QED) is 0.709. The standard InChI is InChI=1S/C16H25NO2/c1-4-5-13-6-8-14(9-7-13)16(2,3)12-17-11-10-15(18)19/h6-9,17H,4-5,10-12H2,1-3H3,(H,18,19). The van der Waals surface area contributed by atoms with Gasteiger partial charge in [0.15, 0.2) is 0 Å². The van der Waals surface area contributed by atoms with E-state index in [2.05, 4.69) is 50.4 Å². The van der Waals surface area contributed by atoms with Gasteiger partial charge >= 0.3 is 5.97 Å². The molecule has 106 valence electrons. The van der Waals surface area contributed by atoms with Gasteiger partial charge in [0.05, 0.1) is 6.42 Å².